The van der Waals surface area contributed by atoms with Crippen molar-refractivity contribution in [3.63, 3.8) is 0 Å². The molecule has 4 N–H and O–H groups in total. The van der Waals surface area contributed by atoms with E-state index in [1.54, 1.807) is 6.07 Å². The van der Waals surface area contributed by atoms with Crippen LogP contribution in [0.2, 0.25) is 0 Å². The molecule has 2 amide bonds. The second-order valence-corrected chi connectivity index (χ2v) is 6.99. The fourth-order valence-electron chi connectivity index (χ4n) is 2.42. The van der Waals surface area contributed by atoms with Gasteiger partial charge in [0.2, 0.25) is 5.91 Å². The Bertz CT molecular complexity index is 703. The van der Waals surface area contributed by atoms with Crippen molar-refractivity contribution < 1.29 is 14.0 Å². The van der Waals surface area contributed by atoms with E-state index in [-0.39, 0.29) is 35.5 Å². The van der Waals surface area contributed by atoms with Crippen molar-refractivity contribution in [3.8, 4) is 0 Å². The topological polar surface area (TPSA) is 97.4 Å². The number of hydrogen-bond donors (Lipinski definition) is 3. The molecule has 0 aliphatic rings. The summed E-state index contributed by atoms with van der Waals surface area (Å²) in [6.45, 7) is 8.08. The number of furan rings is 1. The molecule has 0 bridgehead atoms. The van der Waals surface area contributed by atoms with Gasteiger partial charge in [-0.05, 0) is 24.0 Å². The van der Waals surface area contributed by atoms with Gasteiger partial charge in [-0.3, -0.25) is 9.59 Å². The normalized spacial score (nSPS) is 13.9. The number of carbonyl (C=O) groups is 2. The highest BCUT2D eigenvalue weighted by atomic mass is 16.3. The van der Waals surface area contributed by atoms with E-state index in [2.05, 4.69) is 10.6 Å². The third-order valence-corrected chi connectivity index (χ3v) is 4.29. The van der Waals surface area contributed by atoms with Crippen LogP contribution in [0.25, 0.3) is 11.0 Å². The van der Waals surface area contributed by atoms with E-state index in [0.29, 0.717) is 12.1 Å². The third kappa shape index (κ3) is 4.82. The van der Waals surface area contributed by atoms with Gasteiger partial charge in [-0.25, -0.2) is 0 Å². The zero-order valence-electron chi connectivity index (χ0n) is 15.2. The fraction of sp³-hybridized carbons (Fsp3) is 0.474. The molecule has 25 heavy (non-hydrogen) atoms. The van der Waals surface area contributed by atoms with Crippen molar-refractivity contribution in [1.29, 1.82) is 0 Å². The van der Waals surface area contributed by atoms with Gasteiger partial charge in [0, 0.05) is 18.0 Å². The van der Waals surface area contributed by atoms with E-state index >= 15 is 0 Å². The molecular formula is C19H27N3O3. The molecule has 136 valence electrons. The van der Waals surface area contributed by atoms with Crippen LogP contribution in [0.5, 0.6) is 0 Å². The van der Waals surface area contributed by atoms with Crippen LogP contribution in [0.4, 0.5) is 0 Å². The predicted molar refractivity (Wildman–Crippen MR) is 98.1 cm³/mol. The van der Waals surface area contributed by atoms with E-state index in [1.807, 2.05) is 52.0 Å². The Hall–Kier alpha value is -2.34. The zero-order chi connectivity index (χ0) is 18.6. The van der Waals surface area contributed by atoms with Crippen molar-refractivity contribution in [2.24, 2.45) is 17.6 Å². The Morgan fingerprint density at radius 2 is 1.80 bits per heavy atom. The molecule has 2 aromatic rings. The van der Waals surface area contributed by atoms with Crippen LogP contribution in [0.1, 0.15) is 38.2 Å². The number of nitrogens with two attached hydrogens (primary N) is 1. The highest BCUT2D eigenvalue weighted by Crippen LogP contribution is 2.18. The molecule has 0 saturated heterocycles. The van der Waals surface area contributed by atoms with Crippen molar-refractivity contribution in [2.75, 3.05) is 6.54 Å². The molecule has 0 unspecified atom stereocenters. The fourth-order valence-corrected chi connectivity index (χ4v) is 2.42. The lowest BCUT2D eigenvalue weighted by Gasteiger charge is -2.25. The van der Waals surface area contributed by atoms with Crippen molar-refractivity contribution in [3.05, 3.63) is 36.1 Å². The lowest BCUT2D eigenvalue weighted by atomic mass is 10.0. The summed E-state index contributed by atoms with van der Waals surface area (Å²) < 4.78 is 5.55. The lowest BCUT2D eigenvalue weighted by molar-refractivity contribution is -0.124. The molecule has 2 atom stereocenters. The van der Waals surface area contributed by atoms with Crippen LogP contribution in [0.3, 0.4) is 0 Å². The van der Waals surface area contributed by atoms with Gasteiger partial charge in [-0.1, -0.05) is 45.9 Å². The number of fused-ring (bicyclic) bond motifs is 1. The van der Waals surface area contributed by atoms with Crippen LogP contribution >= 0.6 is 0 Å². The first-order valence-electron chi connectivity index (χ1n) is 8.62. The molecule has 0 saturated carbocycles. The molecule has 1 aromatic carbocycles. The Morgan fingerprint density at radius 1 is 1.12 bits per heavy atom. The molecule has 1 aromatic heterocycles. The molecule has 0 radical (unpaired) electrons. The summed E-state index contributed by atoms with van der Waals surface area (Å²) in [6, 6.07) is 8.40. The van der Waals surface area contributed by atoms with Crippen molar-refractivity contribution >= 4 is 22.8 Å². The Kier molecular flexibility index (Phi) is 6.20. The maximum Gasteiger partial charge on any atom is 0.287 e. The number of amides is 2. The Morgan fingerprint density at radius 3 is 2.40 bits per heavy atom. The largest absolute Gasteiger partial charge is 0.451 e. The summed E-state index contributed by atoms with van der Waals surface area (Å²) in [5.41, 5.74) is 6.55. The number of hydrogen-bond acceptors (Lipinski definition) is 4. The molecule has 2 rings (SSSR count). The van der Waals surface area contributed by atoms with Crippen LogP contribution in [-0.2, 0) is 4.79 Å². The van der Waals surface area contributed by atoms with Crippen LogP contribution in [0.15, 0.2) is 34.7 Å². The number of rotatable bonds is 7. The SMILES string of the molecule is CC(C)[C@H](N)C(=O)N[C@H](CNC(=O)c1cc2ccccc2o1)C(C)C. The smallest absolute Gasteiger partial charge is 0.287 e. The zero-order valence-corrected chi connectivity index (χ0v) is 15.2. The molecule has 0 spiro atoms. The first kappa shape index (κ1) is 19.0. The average Bonchev–Trinajstić information content (AvgIpc) is 3.01. The van der Waals surface area contributed by atoms with Crippen LogP contribution in [0, 0.1) is 11.8 Å². The van der Waals surface area contributed by atoms with E-state index in [4.69, 9.17) is 10.2 Å². The van der Waals surface area contributed by atoms with E-state index in [1.165, 1.54) is 0 Å². The second kappa shape index (κ2) is 8.16. The van der Waals surface area contributed by atoms with E-state index in [9.17, 15) is 9.59 Å². The highest BCUT2D eigenvalue weighted by molar-refractivity contribution is 5.96. The summed E-state index contributed by atoms with van der Waals surface area (Å²) >= 11 is 0. The lowest BCUT2D eigenvalue weighted by Crippen LogP contribution is -2.52. The standard InChI is InChI=1S/C19H27N3O3/c1-11(2)14(22-19(24)17(20)12(3)4)10-21-18(23)16-9-13-7-5-6-8-15(13)25-16/h5-9,11-12,14,17H,10,20H2,1-4H3,(H,21,23)(H,22,24)/t14-,17+/m1/s1. The van der Waals surface area contributed by atoms with Gasteiger partial charge >= 0.3 is 0 Å². The van der Waals surface area contributed by atoms with Gasteiger partial charge < -0.3 is 20.8 Å². The summed E-state index contributed by atoms with van der Waals surface area (Å²) in [6.07, 6.45) is 0. The highest BCUT2D eigenvalue weighted by Gasteiger charge is 2.23. The predicted octanol–water partition coefficient (Wildman–Crippen LogP) is 2.29. The minimum absolute atomic E-state index is 0.0537. The molecule has 0 aliphatic heterocycles. The van der Waals surface area contributed by atoms with Gasteiger partial charge in [0.05, 0.1) is 6.04 Å². The maximum atomic E-state index is 12.3. The first-order chi connectivity index (χ1) is 11.8. The third-order valence-electron chi connectivity index (χ3n) is 4.29. The first-order valence-corrected chi connectivity index (χ1v) is 8.62. The summed E-state index contributed by atoms with van der Waals surface area (Å²) in [7, 11) is 0. The Balaban J connectivity index is 1.98. The molecule has 6 heteroatoms. The van der Waals surface area contributed by atoms with E-state index < -0.39 is 6.04 Å². The summed E-state index contributed by atoms with van der Waals surface area (Å²) in [5.74, 6) is -0.0397. The molecule has 0 aliphatic carbocycles. The quantitative estimate of drug-likeness (QED) is 0.717. The molecule has 0 fully saturated rings. The number of nitrogens with one attached hydrogen (secondary N) is 2. The van der Waals surface area contributed by atoms with Crippen molar-refractivity contribution in [1.82, 2.24) is 10.6 Å². The van der Waals surface area contributed by atoms with Gasteiger partial charge in [-0.15, -0.1) is 0 Å². The van der Waals surface area contributed by atoms with Gasteiger partial charge in [-0.2, -0.15) is 0 Å². The average molecular weight is 345 g/mol. The van der Waals surface area contributed by atoms with Crippen molar-refractivity contribution in [2.45, 2.75) is 39.8 Å². The number of carbonyl (C=O) groups excluding carboxylic acids is 2. The Labute approximate surface area is 148 Å². The molecule has 6 nitrogen and oxygen atoms in total. The minimum Gasteiger partial charge on any atom is -0.451 e. The molecule has 1 heterocycles. The number of benzene rings is 1. The van der Waals surface area contributed by atoms with Crippen LogP contribution in [-0.4, -0.2) is 30.4 Å². The minimum atomic E-state index is -0.563. The second-order valence-electron chi connectivity index (χ2n) is 6.99. The van der Waals surface area contributed by atoms with Gasteiger partial charge in [0.1, 0.15) is 5.58 Å². The maximum absolute atomic E-state index is 12.3. The van der Waals surface area contributed by atoms with E-state index in [0.717, 1.165) is 5.39 Å². The molecular weight excluding hydrogens is 318 g/mol. The summed E-state index contributed by atoms with van der Waals surface area (Å²) in [5, 5.41) is 6.63. The summed E-state index contributed by atoms with van der Waals surface area (Å²) in [4.78, 5) is 24.5. The van der Waals surface area contributed by atoms with Gasteiger partial charge in [0.25, 0.3) is 5.91 Å². The van der Waals surface area contributed by atoms with Crippen LogP contribution < -0.4 is 16.4 Å². The van der Waals surface area contributed by atoms with Gasteiger partial charge in [0.15, 0.2) is 5.76 Å². The monoisotopic (exact) mass is 345 g/mol. The number of para-hydroxylation sites is 1.